The van der Waals surface area contributed by atoms with Crippen LogP contribution in [0.25, 0.3) is 0 Å². The number of anilines is 1. The second kappa shape index (κ2) is 7.96. The molecule has 2 rings (SSSR count). The van der Waals surface area contributed by atoms with E-state index in [1.165, 1.54) is 35.1 Å². The van der Waals surface area contributed by atoms with E-state index < -0.39 is 0 Å². The SMILES string of the molecule is CCCNCc1sc(N2CCCN(C)CC2)nc1CC. The van der Waals surface area contributed by atoms with Gasteiger partial charge in [-0.3, -0.25) is 0 Å². The zero-order valence-electron chi connectivity index (χ0n) is 13.1. The number of aromatic nitrogens is 1. The molecule has 20 heavy (non-hydrogen) atoms. The molecule has 0 radical (unpaired) electrons. The molecule has 0 unspecified atom stereocenters. The van der Waals surface area contributed by atoms with Crippen LogP contribution in [-0.4, -0.2) is 49.7 Å². The van der Waals surface area contributed by atoms with Crippen LogP contribution in [0.2, 0.25) is 0 Å². The lowest BCUT2D eigenvalue weighted by molar-refractivity contribution is 0.360. The molecule has 1 fully saturated rings. The number of aryl methyl sites for hydroxylation is 1. The molecule has 1 aliphatic heterocycles. The van der Waals surface area contributed by atoms with Gasteiger partial charge in [0.2, 0.25) is 0 Å². The van der Waals surface area contributed by atoms with Crippen LogP contribution in [0.15, 0.2) is 0 Å². The summed E-state index contributed by atoms with van der Waals surface area (Å²) in [5, 5.41) is 4.73. The number of nitrogens with zero attached hydrogens (tertiary/aromatic N) is 3. The van der Waals surface area contributed by atoms with E-state index >= 15 is 0 Å². The van der Waals surface area contributed by atoms with Crippen molar-refractivity contribution in [1.82, 2.24) is 15.2 Å². The van der Waals surface area contributed by atoms with E-state index in [2.05, 4.69) is 36.0 Å². The Bertz CT molecular complexity index is 405. The number of rotatable bonds is 6. The Morgan fingerprint density at radius 3 is 2.80 bits per heavy atom. The summed E-state index contributed by atoms with van der Waals surface area (Å²) >= 11 is 1.89. The quantitative estimate of drug-likeness (QED) is 0.817. The Balaban J connectivity index is 2.03. The van der Waals surface area contributed by atoms with Crippen molar-refractivity contribution in [2.45, 2.75) is 39.7 Å². The van der Waals surface area contributed by atoms with Crippen molar-refractivity contribution in [2.24, 2.45) is 0 Å². The monoisotopic (exact) mass is 296 g/mol. The first-order valence-corrected chi connectivity index (χ1v) is 8.69. The van der Waals surface area contributed by atoms with E-state index in [4.69, 9.17) is 4.98 Å². The summed E-state index contributed by atoms with van der Waals surface area (Å²) in [7, 11) is 2.21. The molecule has 4 nitrogen and oxygen atoms in total. The molecule has 1 aromatic rings. The lowest BCUT2D eigenvalue weighted by Gasteiger charge is -2.19. The fourth-order valence-electron chi connectivity index (χ4n) is 2.54. The Morgan fingerprint density at radius 2 is 2.05 bits per heavy atom. The van der Waals surface area contributed by atoms with Gasteiger partial charge in [-0.1, -0.05) is 13.8 Å². The third-order valence-corrected chi connectivity index (χ3v) is 4.96. The molecule has 114 valence electrons. The Hall–Kier alpha value is -0.650. The topological polar surface area (TPSA) is 31.4 Å². The van der Waals surface area contributed by atoms with Crippen molar-refractivity contribution < 1.29 is 0 Å². The third kappa shape index (κ3) is 4.17. The molecule has 1 N–H and O–H groups in total. The molecule has 2 heterocycles. The number of likely N-dealkylation sites (N-methyl/N-ethyl adjacent to an activating group) is 1. The van der Waals surface area contributed by atoms with Crippen molar-refractivity contribution in [3.63, 3.8) is 0 Å². The zero-order chi connectivity index (χ0) is 14.4. The molecule has 0 saturated carbocycles. The van der Waals surface area contributed by atoms with Gasteiger partial charge in [-0.05, 0) is 39.4 Å². The van der Waals surface area contributed by atoms with Gasteiger partial charge in [0.15, 0.2) is 5.13 Å². The number of thiazole rings is 1. The average molecular weight is 296 g/mol. The average Bonchev–Trinajstić information content (AvgIpc) is 2.73. The van der Waals surface area contributed by atoms with Crippen molar-refractivity contribution in [2.75, 3.05) is 44.7 Å². The standard InChI is InChI=1S/C15H28N4S/c1-4-7-16-12-14-13(5-2)17-15(20-14)19-9-6-8-18(3)10-11-19/h16H,4-12H2,1-3H3. The van der Waals surface area contributed by atoms with Crippen LogP contribution in [-0.2, 0) is 13.0 Å². The van der Waals surface area contributed by atoms with Gasteiger partial charge in [0.05, 0.1) is 5.69 Å². The summed E-state index contributed by atoms with van der Waals surface area (Å²) in [5.41, 5.74) is 1.28. The first-order valence-electron chi connectivity index (χ1n) is 7.87. The van der Waals surface area contributed by atoms with E-state index in [9.17, 15) is 0 Å². The highest BCUT2D eigenvalue weighted by Gasteiger charge is 2.17. The predicted octanol–water partition coefficient (Wildman–Crippen LogP) is 2.35. The minimum atomic E-state index is 0.975. The van der Waals surface area contributed by atoms with Crippen LogP contribution in [0.1, 0.15) is 37.3 Å². The second-order valence-corrected chi connectivity index (χ2v) is 6.60. The smallest absolute Gasteiger partial charge is 0.185 e. The number of nitrogens with one attached hydrogen (secondary N) is 1. The molecule has 1 saturated heterocycles. The van der Waals surface area contributed by atoms with Gasteiger partial charge in [0.1, 0.15) is 0 Å². The summed E-state index contributed by atoms with van der Waals surface area (Å²) in [6.45, 7) is 11.1. The van der Waals surface area contributed by atoms with Gasteiger partial charge in [-0.25, -0.2) is 4.98 Å². The maximum absolute atomic E-state index is 4.88. The molecule has 0 atom stereocenters. The van der Waals surface area contributed by atoms with Gasteiger partial charge >= 0.3 is 0 Å². The third-order valence-electron chi connectivity index (χ3n) is 3.80. The van der Waals surface area contributed by atoms with Gasteiger partial charge < -0.3 is 15.1 Å². The van der Waals surface area contributed by atoms with Crippen molar-refractivity contribution in [3.8, 4) is 0 Å². The molecule has 0 spiro atoms. The summed E-state index contributed by atoms with van der Waals surface area (Å²) in [6.07, 6.45) is 3.46. The molecule has 5 heteroatoms. The summed E-state index contributed by atoms with van der Waals surface area (Å²) in [4.78, 5) is 11.2. The zero-order valence-corrected chi connectivity index (χ0v) is 13.9. The Morgan fingerprint density at radius 1 is 1.20 bits per heavy atom. The van der Waals surface area contributed by atoms with Crippen LogP contribution >= 0.6 is 11.3 Å². The maximum Gasteiger partial charge on any atom is 0.185 e. The highest BCUT2D eigenvalue weighted by atomic mass is 32.1. The van der Waals surface area contributed by atoms with E-state index in [1.807, 2.05) is 11.3 Å². The van der Waals surface area contributed by atoms with Gasteiger partial charge in [0.25, 0.3) is 0 Å². The summed E-state index contributed by atoms with van der Waals surface area (Å²) in [6, 6.07) is 0. The maximum atomic E-state index is 4.88. The Kier molecular flexibility index (Phi) is 6.26. The largest absolute Gasteiger partial charge is 0.347 e. The molecule has 0 amide bonds. The lowest BCUT2D eigenvalue weighted by atomic mass is 10.3. The first-order chi connectivity index (χ1) is 9.74. The summed E-state index contributed by atoms with van der Waals surface area (Å²) < 4.78 is 0. The second-order valence-electron chi connectivity index (χ2n) is 5.54. The fraction of sp³-hybridized carbons (Fsp3) is 0.800. The Labute approximate surface area is 127 Å². The molecule has 1 aromatic heterocycles. The predicted molar refractivity (Wildman–Crippen MR) is 87.8 cm³/mol. The van der Waals surface area contributed by atoms with Crippen LogP contribution in [0, 0.1) is 0 Å². The minimum Gasteiger partial charge on any atom is -0.347 e. The lowest BCUT2D eigenvalue weighted by Crippen LogP contribution is -2.28. The van der Waals surface area contributed by atoms with Gasteiger partial charge in [0, 0.05) is 31.1 Å². The minimum absolute atomic E-state index is 0.975. The fourth-order valence-corrected chi connectivity index (χ4v) is 3.71. The highest BCUT2D eigenvalue weighted by molar-refractivity contribution is 7.15. The van der Waals surface area contributed by atoms with Crippen LogP contribution in [0.5, 0.6) is 0 Å². The van der Waals surface area contributed by atoms with Crippen molar-refractivity contribution >= 4 is 16.5 Å². The van der Waals surface area contributed by atoms with Gasteiger partial charge in [-0.2, -0.15) is 0 Å². The number of hydrogen-bond acceptors (Lipinski definition) is 5. The first kappa shape index (κ1) is 15.7. The highest BCUT2D eigenvalue weighted by Crippen LogP contribution is 2.27. The van der Waals surface area contributed by atoms with Crippen LogP contribution < -0.4 is 10.2 Å². The van der Waals surface area contributed by atoms with Crippen LogP contribution in [0.3, 0.4) is 0 Å². The van der Waals surface area contributed by atoms with Crippen molar-refractivity contribution in [3.05, 3.63) is 10.6 Å². The molecular formula is C15H28N4S. The molecule has 0 aromatic carbocycles. The molecule has 0 aliphatic carbocycles. The van der Waals surface area contributed by atoms with E-state index in [0.29, 0.717) is 0 Å². The number of hydrogen-bond donors (Lipinski definition) is 1. The molecule has 1 aliphatic rings. The van der Waals surface area contributed by atoms with Crippen LogP contribution in [0.4, 0.5) is 5.13 Å². The summed E-state index contributed by atoms with van der Waals surface area (Å²) in [5.74, 6) is 0. The van der Waals surface area contributed by atoms with Gasteiger partial charge in [-0.15, -0.1) is 11.3 Å². The van der Waals surface area contributed by atoms with E-state index in [1.54, 1.807) is 0 Å². The molecule has 0 bridgehead atoms. The van der Waals surface area contributed by atoms with E-state index in [0.717, 1.165) is 39.1 Å². The molecular weight excluding hydrogens is 268 g/mol. The van der Waals surface area contributed by atoms with Crippen molar-refractivity contribution in [1.29, 1.82) is 0 Å². The van der Waals surface area contributed by atoms with E-state index in [-0.39, 0.29) is 0 Å². The normalized spacial score (nSPS) is 17.4.